The number of nitrogens with zero attached hydrogens (tertiary/aromatic N) is 1. The van der Waals surface area contributed by atoms with Crippen molar-refractivity contribution in [3.63, 3.8) is 0 Å². The van der Waals surface area contributed by atoms with Gasteiger partial charge in [0.05, 0.1) is 6.54 Å². The molecule has 0 aliphatic rings. The van der Waals surface area contributed by atoms with Gasteiger partial charge in [0.1, 0.15) is 0 Å². The van der Waals surface area contributed by atoms with E-state index in [2.05, 4.69) is 5.32 Å². The number of benzene rings is 1. The van der Waals surface area contributed by atoms with E-state index in [1.165, 1.54) is 4.90 Å². The highest BCUT2D eigenvalue weighted by atomic mass is 16.2. The average molecular weight is 276 g/mol. The van der Waals surface area contributed by atoms with Crippen LogP contribution < -0.4 is 5.32 Å². The van der Waals surface area contributed by atoms with Crippen LogP contribution in [0.2, 0.25) is 0 Å². The molecule has 1 aromatic rings. The molecule has 0 radical (unpaired) electrons. The van der Waals surface area contributed by atoms with E-state index in [4.69, 9.17) is 0 Å². The topological polar surface area (TPSA) is 49.4 Å². The lowest BCUT2D eigenvalue weighted by Gasteiger charge is -2.23. The highest BCUT2D eigenvalue weighted by molar-refractivity contribution is 5.96. The Balaban J connectivity index is 2.74. The van der Waals surface area contributed by atoms with Crippen molar-refractivity contribution in [3.05, 3.63) is 34.9 Å². The van der Waals surface area contributed by atoms with Gasteiger partial charge in [-0.25, -0.2) is 0 Å². The third-order valence-electron chi connectivity index (χ3n) is 2.71. The molecule has 0 aliphatic carbocycles. The Bertz CT molecular complexity index is 495. The maximum atomic E-state index is 12.3. The predicted molar refractivity (Wildman–Crippen MR) is 80.8 cm³/mol. The molecule has 0 saturated heterocycles. The van der Waals surface area contributed by atoms with Gasteiger partial charge in [0.25, 0.3) is 5.91 Å². The molecule has 110 valence electrons. The molecule has 0 spiro atoms. The summed E-state index contributed by atoms with van der Waals surface area (Å²) in [6.45, 7) is 9.71. The Morgan fingerprint density at radius 1 is 1.10 bits per heavy atom. The Kier molecular flexibility index (Phi) is 4.93. The Labute approximate surface area is 121 Å². The zero-order valence-electron chi connectivity index (χ0n) is 13.2. The fourth-order valence-corrected chi connectivity index (χ4v) is 2.06. The van der Waals surface area contributed by atoms with Crippen molar-refractivity contribution in [1.82, 2.24) is 10.2 Å². The number of rotatable bonds is 3. The van der Waals surface area contributed by atoms with Gasteiger partial charge in [-0.2, -0.15) is 0 Å². The van der Waals surface area contributed by atoms with E-state index >= 15 is 0 Å². The first-order valence-electron chi connectivity index (χ1n) is 6.73. The molecule has 0 unspecified atom stereocenters. The van der Waals surface area contributed by atoms with Crippen LogP contribution in [0.15, 0.2) is 18.2 Å². The number of carbonyl (C=O) groups is 2. The molecule has 4 nitrogen and oxygen atoms in total. The number of amides is 2. The first-order chi connectivity index (χ1) is 9.08. The monoisotopic (exact) mass is 276 g/mol. The lowest BCUT2D eigenvalue weighted by molar-refractivity contribution is -0.122. The van der Waals surface area contributed by atoms with Crippen LogP contribution in [0.3, 0.4) is 0 Å². The first-order valence-corrected chi connectivity index (χ1v) is 6.73. The second kappa shape index (κ2) is 6.07. The van der Waals surface area contributed by atoms with Crippen LogP contribution in [0.25, 0.3) is 0 Å². The van der Waals surface area contributed by atoms with E-state index in [0.717, 1.165) is 11.1 Å². The van der Waals surface area contributed by atoms with Crippen molar-refractivity contribution in [2.24, 2.45) is 0 Å². The van der Waals surface area contributed by atoms with E-state index < -0.39 is 0 Å². The van der Waals surface area contributed by atoms with Gasteiger partial charge in [0.2, 0.25) is 5.91 Å². The summed E-state index contributed by atoms with van der Waals surface area (Å²) in [5, 5.41) is 2.85. The van der Waals surface area contributed by atoms with Gasteiger partial charge in [0.15, 0.2) is 0 Å². The maximum absolute atomic E-state index is 12.3. The molecule has 0 aromatic heterocycles. The fourth-order valence-electron chi connectivity index (χ4n) is 2.06. The molecular weight excluding hydrogens is 252 g/mol. The Morgan fingerprint density at radius 2 is 1.60 bits per heavy atom. The average Bonchev–Trinajstić information content (AvgIpc) is 2.23. The quantitative estimate of drug-likeness (QED) is 0.921. The van der Waals surface area contributed by atoms with Gasteiger partial charge in [-0.3, -0.25) is 9.59 Å². The molecule has 1 N–H and O–H groups in total. The summed E-state index contributed by atoms with van der Waals surface area (Å²) in [4.78, 5) is 25.6. The molecule has 0 atom stereocenters. The van der Waals surface area contributed by atoms with Crippen LogP contribution in [0.5, 0.6) is 0 Å². The van der Waals surface area contributed by atoms with Gasteiger partial charge >= 0.3 is 0 Å². The van der Waals surface area contributed by atoms with Gasteiger partial charge in [-0.1, -0.05) is 17.2 Å². The summed E-state index contributed by atoms with van der Waals surface area (Å²) in [6.07, 6.45) is 0. The number of nitrogens with one attached hydrogen (secondary N) is 1. The second-order valence-corrected chi connectivity index (χ2v) is 6.34. The fraction of sp³-hybridized carbons (Fsp3) is 0.500. The molecule has 0 saturated carbocycles. The Hall–Kier alpha value is -1.84. The SMILES string of the molecule is Cc1cc(C)cc(C(=O)N(C)CC(=O)NC(C)(C)C)c1. The zero-order chi connectivity index (χ0) is 15.5. The normalized spacial score (nSPS) is 11.1. The van der Waals surface area contributed by atoms with Gasteiger partial charge < -0.3 is 10.2 Å². The molecule has 4 heteroatoms. The minimum Gasteiger partial charge on any atom is -0.350 e. The van der Waals surface area contributed by atoms with Crippen LogP contribution in [-0.2, 0) is 4.79 Å². The predicted octanol–water partition coefficient (Wildman–Crippen LogP) is 2.29. The molecule has 1 aromatic carbocycles. The molecule has 0 bridgehead atoms. The summed E-state index contributed by atoms with van der Waals surface area (Å²) < 4.78 is 0. The Morgan fingerprint density at radius 3 is 2.05 bits per heavy atom. The zero-order valence-corrected chi connectivity index (χ0v) is 13.2. The van der Waals surface area contributed by atoms with Crippen molar-refractivity contribution in [2.75, 3.05) is 13.6 Å². The van der Waals surface area contributed by atoms with Gasteiger partial charge in [-0.05, 0) is 46.8 Å². The van der Waals surface area contributed by atoms with Gasteiger partial charge in [-0.15, -0.1) is 0 Å². The van der Waals surface area contributed by atoms with Crippen molar-refractivity contribution < 1.29 is 9.59 Å². The molecule has 20 heavy (non-hydrogen) atoms. The standard InChI is InChI=1S/C16H24N2O2/c1-11-7-12(2)9-13(8-11)15(20)18(6)10-14(19)17-16(3,4)5/h7-9H,10H2,1-6H3,(H,17,19). The number of hydrogen-bond acceptors (Lipinski definition) is 2. The molecule has 1 rings (SSSR count). The summed E-state index contributed by atoms with van der Waals surface area (Å²) in [5.41, 5.74) is 2.41. The van der Waals surface area contributed by atoms with Crippen molar-refractivity contribution in [2.45, 2.75) is 40.2 Å². The van der Waals surface area contributed by atoms with E-state index in [-0.39, 0.29) is 23.9 Å². The molecule has 0 aliphatic heterocycles. The highest BCUT2D eigenvalue weighted by Crippen LogP contribution is 2.11. The number of likely N-dealkylation sites (N-methyl/N-ethyl adjacent to an activating group) is 1. The molecule has 0 fully saturated rings. The molecular formula is C16H24N2O2. The first kappa shape index (κ1) is 16.2. The molecule has 0 heterocycles. The smallest absolute Gasteiger partial charge is 0.254 e. The van der Waals surface area contributed by atoms with E-state index in [9.17, 15) is 9.59 Å². The largest absolute Gasteiger partial charge is 0.350 e. The van der Waals surface area contributed by atoms with Crippen molar-refractivity contribution in [1.29, 1.82) is 0 Å². The summed E-state index contributed by atoms with van der Waals surface area (Å²) >= 11 is 0. The minimum absolute atomic E-state index is 0.0586. The van der Waals surface area contributed by atoms with Crippen LogP contribution in [0.4, 0.5) is 0 Å². The summed E-state index contributed by atoms with van der Waals surface area (Å²) in [5.74, 6) is -0.293. The van der Waals surface area contributed by atoms with E-state index in [1.807, 2.05) is 52.8 Å². The third kappa shape index (κ3) is 5.03. The summed E-state index contributed by atoms with van der Waals surface area (Å²) in [7, 11) is 1.64. The van der Waals surface area contributed by atoms with Crippen LogP contribution >= 0.6 is 0 Å². The number of carbonyl (C=O) groups excluding carboxylic acids is 2. The lowest BCUT2D eigenvalue weighted by Crippen LogP contribution is -2.46. The van der Waals surface area contributed by atoms with Crippen LogP contribution in [0.1, 0.15) is 42.3 Å². The maximum Gasteiger partial charge on any atom is 0.254 e. The third-order valence-corrected chi connectivity index (χ3v) is 2.71. The van der Waals surface area contributed by atoms with E-state index in [1.54, 1.807) is 7.05 Å². The van der Waals surface area contributed by atoms with Crippen molar-refractivity contribution >= 4 is 11.8 Å². The highest BCUT2D eigenvalue weighted by Gasteiger charge is 2.18. The number of hydrogen-bond donors (Lipinski definition) is 1. The van der Waals surface area contributed by atoms with Crippen molar-refractivity contribution in [3.8, 4) is 0 Å². The second-order valence-electron chi connectivity index (χ2n) is 6.34. The lowest BCUT2D eigenvalue weighted by atomic mass is 10.1. The van der Waals surface area contributed by atoms with Crippen LogP contribution in [-0.4, -0.2) is 35.8 Å². The van der Waals surface area contributed by atoms with Crippen LogP contribution in [0, 0.1) is 13.8 Å². The van der Waals surface area contributed by atoms with Gasteiger partial charge in [0, 0.05) is 18.2 Å². The number of aryl methyl sites for hydroxylation is 2. The minimum atomic E-state index is -0.291. The van der Waals surface area contributed by atoms with E-state index in [0.29, 0.717) is 5.56 Å². The summed E-state index contributed by atoms with van der Waals surface area (Å²) in [6, 6.07) is 5.70. The molecule has 2 amide bonds.